The smallest absolute Gasteiger partial charge is 0.338 e. The van der Waals surface area contributed by atoms with Crippen LogP contribution in [0.25, 0.3) is 0 Å². The number of methoxy groups -OCH3 is 1. The quantitative estimate of drug-likeness (QED) is 0.496. The van der Waals surface area contributed by atoms with Crippen molar-refractivity contribution < 1.29 is 31.8 Å². The largest absolute Gasteiger partial charge is 0.493 e. The molecule has 8 nitrogen and oxygen atoms in total. The van der Waals surface area contributed by atoms with Gasteiger partial charge in [-0.1, -0.05) is 25.4 Å². The van der Waals surface area contributed by atoms with Gasteiger partial charge in [0, 0.05) is 14.1 Å². The third-order valence-corrected chi connectivity index (χ3v) is 6.09. The highest BCUT2D eigenvalue weighted by molar-refractivity contribution is 7.88. The molecule has 0 N–H and O–H groups in total. The SMILES string of the molecule is COc1cc(C(=O)OCc2ccc(S(=O)(=O)N(C)C)o2)cc(Cl)c1OCCC(C)C. The van der Waals surface area contributed by atoms with Gasteiger partial charge in [0.2, 0.25) is 5.09 Å². The average molecular weight is 460 g/mol. The lowest BCUT2D eigenvalue weighted by Crippen LogP contribution is -2.21. The van der Waals surface area contributed by atoms with E-state index in [0.717, 1.165) is 10.7 Å². The molecule has 166 valence electrons. The van der Waals surface area contributed by atoms with Gasteiger partial charge in [-0.25, -0.2) is 17.5 Å². The van der Waals surface area contributed by atoms with Gasteiger partial charge < -0.3 is 18.6 Å². The molecule has 0 fully saturated rings. The first kappa shape index (κ1) is 24.0. The number of rotatable bonds is 10. The van der Waals surface area contributed by atoms with Gasteiger partial charge >= 0.3 is 5.97 Å². The molecule has 1 aromatic carbocycles. The minimum absolute atomic E-state index is 0.167. The number of halogens is 1. The monoisotopic (exact) mass is 459 g/mol. The molecule has 10 heteroatoms. The van der Waals surface area contributed by atoms with Crippen LogP contribution in [-0.2, 0) is 21.4 Å². The summed E-state index contributed by atoms with van der Waals surface area (Å²) in [6.45, 7) is 4.39. The van der Waals surface area contributed by atoms with Crippen LogP contribution in [0.2, 0.25) is 5.02 Å². The van der Waals surface area contributed by atoms with Crippen LogP contribution in [0.15, 0.2) is 33.8 Å². The molecule has 0 atom stereocenters. The summed E-state index contributed by atoms with van der Waals surface area (Å²) in [5.41, 5.74) is 0.167. The zero-order chi connectivity index (χ0) is 22.5. The number of sulfonamides is 1. The van der Waals surface area contributed by atoms with Crippen molar-refractivity contribution in [1.82, 2.24) is 4.31 Å². The van der Waals surface area contributed by atoms with Crippen LogP contribution in [-0.4, -0.2) is 46.5 Å². The molecule has 2 aromatic rings. The van der Waals surface area contributed by atoms with Crippen molar-refractivity contribution in [3.05, 3.63) is 40.6 Å². The summed E-state index contributed by atoms with van der Waals surface area (Å²) in [7, 11) is 0.536. The number of hydrogen-bond acceptors (Lipinski definition) is 7. The van der Waals surface area contributed by atoms with Crippen molar-refractivity contribution in [3.8, 4) is 11.5 Å². The fourth-order valence-electron chi connectivity index (χ4n) is 2.35. The van der Waals surface area contributed by atoms with E-state index in [9.17, 15) is 13.2 Å². The third kappa shape index (κ3) is 5.90. The Bertz CT molecular complexity index is 983. The molecule has 0 radical (unpaired) electrons. The first-order valence-electron chi connectivity index (χ1n) is 9.25. The van der Waals surface area contributed by atoms with E-state index in [0.29, 0.717) is 24.0 Å². The Morgan fingerprint density at radius 1 is 1.23 bits per heavy atom. The summed E-state index contributed by atoms with van der Waals surface area (Å²) in [5, 5.41) is -0.00595. The second-order valence-corrected chi connectivity index (χ2v) is 9.59. The van der Waals surface area contributed by atoms with Gasteiger partial charge in [-0.15, -0.1) is 0 Å². The van der Waals surface area contributed by atoms with Crippen molar-refractivity contribution in [2.75, 3.05) is 27.8 Å². The van der Waals surface area contributed by atoms with Crippen molar-refractivity contribution in [2.24, 2.45) is 5.92 Å². The number of nitrogens with zero attached hydrogens (tertiary/aromatic N) is 1. The summed E-state index contributed by atoms with van der Waals surface area (Å²) in [4.78, 5) is 12.4. The predicted octanol–water partition coefficient (Wildman–Crippen LogP) is 3.97. The first-order valence-corrected chi connectivity index (χ1v) is 11.1. The minimum Gasteiger partial charge on any atom is -0.493 e. The van der Waals surface area contributed by atoms with Crippen LogP contribution in [0.5, 0.6) is 11.5 Å². The molecule has 0 amide bonds. The van der Waals surface area contributed by atoms with E-state index >= 15 is 0 Å². The van der Waals surface area contributed by atoms with Gasteiger partial charge in [-0.3, -0.25) is 0 Å². The average Bonchev–Trinajstić information content (AvgIpc) is 3.16. The molecule has 0 unspecified atom stereocenters. The van der Waals surface area contributed by atoms with Crippen LogP contribution in [0.1, 0.15) is 36.4 Å². The topological polar surface area (TPSA) is 95.3 Å². The second kappa shape index (κ2) is 10.2. The van der Waals surface area contributed by atoms with E-state index in [4.69, 9.17) is 30.2 Å². The summed E-state index contributed by atoms with van der Waals surface area (Å²) in [6, 6.07) is 5.65. The molecule has 30 heavy (non-hydrogen) atoms. The number of carbonyl (C=O) groups is 1. The van der Waals surface area contributed by atoms with Gasteiger partial charge in [0.1, 0.15) is 12.4 Å². The third-order valence-electron chi connectivity index (χ3n) is 4.12. The highest BCUT2D eigenvalue weighted by atomic mass is 35.5. The fraction of sp³-hybridized carbons (Fsp3) is 0.450. The normalized spacial score (nSPS) is 11.7. The maximum absolute atomic E-state index is 12.4. The highest BCUT2D eigenvalue weighted by Crippen LogP contribution is 2.37. The molecule has 0 aliphatic carbocycles. The van der Waals surface area contributed by atoms with Crippen molar-refractivity contribution in [3.63, 3.8) is 0 Å². The Morgan fingerprint density at radius 2 is 1.93 bits per heavy atom. The first-order chi connectivity index (χ1) is 14.1. The number of ether oxygens (including phenoxy) is 3. The number of furan rings is 1. The zero-order valence-electron chi connectivity index (χ0n) is 17.6. The standard InChI is InChI=1S/C20H26ClNO7S/c1-13(2)8-9-27-19-16(21)10-14(11-17(19)26-5)20(23)28-12-15-6-7-18(29-15)30(24,25)22(3)4/h6-7,10-11,13H,8-9,12H2,1-5H3. The van der Waals surface area contributed by atoms with Crippen LogP contribution < -0.4 is 9.47 Å². The van der Waals surface area contributed by atoms with Gasteiger partial charge in [-0.05, 0) is 36.6 Å². The summed E-state index contributed by atoms with van der Waals surface area (Å²) in [5.74, 6) is 0.670. The molecule has 2 rings (SSSR count). The van der Waals surface area contributed by atoms with Crippen LogP contribution in [0, 0.1) is 5.92 Å². The molecule has 1 heterocycles. The minimum atomic E-state index is -3.70. The Labute approximate surface area is 181 Å². The Hall–Kier alpha value is -2.23. The predicted molar refractivity (Wildman–Crippen MR) is 112 cm³/mol. The molecule has 1 aromatic heterocycles. The molecule has 0 spiro atoms. The number of esters is 1. The number of benzene rings is 1. The summed E-state index contributed by atoms with van der Waals surface area (Å²) in [6.07, 6.45) is 0.845. The van der Waals surface area contributed by atoms with E-state index in [2.05, 4.69) is 13.8 Å². The Balaban J connectivity index is 2.09. The van der Waals surface area contributed by atoms with Gasteiger partial charge in [0.05, 0.1) is 24.3 Å². The van der Waals surface area contributed by atoms with Crippen molar-refractivity contribution in [2.45, 2.75) is 32.0 Å². The van der Waals surface area contributed by atoms with Crippen LogP contribution >= 0.6 is 11.6 Å². The zero-order valence-corrected chi connectivity index (χ0v) is 19.2. The molecule has 0 aliphatic rings. The van der Waals surface area contributed by atoms with E-state index in [-0.39, 0.29) is 28.0 Å². The number of hydrogen-bond donors (Lipinski definition) is 0. The molecular formula is C20H26ClNO7S. The lowest BCUT2D eigenvalue weighted by molar-refractivity contribution is 0.0440. The highest BCUT2D eigenvalue weighted by Gasteiger charge is 2.22. The second-order valence-electron chi connectivity index (χ2n) is 7.10. The summed E-state index contributed by atoms with van der Waals surface area (Å²) < 4.78 is 46.6. The van der Waals surface area contributed by atoms with Crippen molar-refractivity contribution >= 4 is 27.6 Å². The van der Waals surface area contributed by atoms with Gasteiger partial charge in [0.15, 0.2) is 11.5 Å². The van der Waals surface area contributed by atoms with Crippen LogP contribution in [0.3, 0.4) is 0 Å². The molecule has 0 bridgehead atoms. The summed E-state index contributed by atoms with van der Waals surface area (Å²) >= 11 is 6.27. The van der Waals surface area contributed by atoms with Crippen molar-refractivity contribution in [1.29, 1.82) is 0 Å². The van der Waals surface area contributed by atoms with E-state index < -0.39 is 16.0 Å². The lowest BCUT2D eigenvalue weighted by atomic mass is 10.1. The Morgan fingerprint density at radius 3 is 2.53 bits per heavy atom. The fourth-order valence-corrected chi connectivity index (χ4v) is 3.43. The van der Waals surface area contributed by atoms with E-state index in [1.54, 1.807) is 0 Å². The van der Waals surface area contributed by atoms with E-state index in [1.807, 2.05) is 0 Å². The maximum atomic E-state index is 12.4. The van der Waals surface area contributed by atoms with Gasteiger partial charge in [0.25, 0.3) is 10.0 Å². The molecular weight excluding hydrogens is 434 g/mol. The van der Waals surface area contributed by atoms with Crippen LogP contribution in [0.4, 0.5) is 0 Å². The van der Waals surface area contributed by atoms with Gasteiger partial charge in [-0.2, -0.15) is 0 Å². The molecule has 0 saturated carbocycles. The molecule has 0 aliphatic heterocycles. The number of carbonyl (C=O) groups excluding carboxylic acids is 1. The lowest BCUT2D eigenvalue weighted by Gasteiger charge is -2.14. The Kier molecular flexibility index (Phi) is 8.17. The molecule has 0 saturated heterocycles. The van der Waals surface area contributed by atoms with E-state index in [1.165, 1.54) is 45.5 Å². The maximum Gasteiger partial charge on any atom is 0.338 e.